The largest absolute Gasteiger partial charge is 0.493 e. The van der Waals surface area contributed by atoms with Crippen LogP contribution in [0, 0.1) is 17.5 Å². The Morgan fingerprint density at radius 2 is 1.76 bits per heavy atom. The van der Waals surface area contributed by atoms with Gasteiger partial charge in [0.25, 0.3) is 0 Å². The van der Waals surface area contributed by atoms with Crippen molar-refractivity contribution in [1.29, 1.82) is 0 Å². The van der Waals surface area contributed by atoms with Gasteiger partial charge in [0.05, 0.1) is 19.9 Å². The third-order valence-electron chi connectivity index (χ3n) is 8.54. The Hall–Kier alpha value is -2.98. The van der Waals surface area contributed by atoms with Crippen molar-refractivity contribution in [1.82, 2.24) is 10.2 Å². The van der Waals surface area contributed by atoms with Crippen molar-refractivity contribution in [3.8, 4) is 11.5 Å². The van der Waals surface area contributed by atoms with Crippen molar-refractivity contribution < 1.29 is 32.2 Å². The van der Waals surface area contributed by atoms with Crippen LogP contribution in [0.4, 0.5) is 23.7 Å². The second-order valence-corrected chi connectivity index (χ2v) is 10.4. The smallest absolute Gasteiger partial charge is 0.319 e. The van der Waals surface area contributed by atoms with E-state index in [-0.39, 0.29) is 17.5 Å². The maximum Gasteiger partial charge on any atom is 0.319 e. The second kappa shape index (κ2) is 11.0. The van der Waals surface area contributed by atoms with E-state index in [1.165, 1.54) is 5.56 Å². The fraction of sp³-hybridized carbons (Fsp3) is 0.536. The van der Waals surface area contributed by atoms with Crippen molar-refractivity contribution in [3.05, 3.63) is 53.3 Å². The van der Waals surface area contributed by atoms with Crippen LogP contribution in [0.15, 0.2) is 30.3 Å². The van der Waals surface area contributed by atoms with Crippen LogP contribution in [0.5, 0.6) is 11.5 Å². The Bertz CT molecular complexity index is 1180. The van der Waals surface area contributed by atoms with Crippen LogP contribution < -0.4 is 20.1 Å². The first kappa shape index (κ1) is 26.6. The van der Waals surface area contributed by atoms with Crippen LogP contribution in [-0.4, -0.2) is 63.0 Å². The molecule has 2 saturated heterocycles. The van der Waals surface area contributed by atoms with E-state index in [1.54, 1.807) is 14.2 Å². The molecule has 0 radical (unpaired) electrons. The Morgan fingerprint density at radius 3 is 2.50 bits per heavy atom. The topological polar surface area (TPSA) is 72.1 Å². The molecule has 3 aliphatic rings. The molecular weight excluding hydrogens is 499 g/mol. The van der Waals surface area contributed by atoms with Crippen molar-refractivity contribution in [2.24, 2.45) is 0 Å². The van der Waals surface area contributed by atoms with Crippen LogP contribution in [0.25, 0.3) is 0 Å². The van der Waals surface area contributed by atoms with Gasteiger partial charge in [0.15, 0.2) is 29.0 Å². The third kappa shape index (κ3) is 4.91. The lowest BCUT2D eigenvalue weighted by molar-refractivity contribution is 0.0143. The van der Waals surface area contributed by atoms with E-state index in [2.05, 4.69) is 27.7 Å². The summed E-state index contributed by atoms with van der Waals surface area (Å²) in [5.74, 6) is -2.96. The number of urea groups is 1. The van der Waals surface area contributed by atoms with E-state index in [9.17, 15) is 18.0 Å². The van der Waals surface area contributed by atoms with E-state index >= 15 is 0 Å². The molecular formula is C28H34F3N3O4. The van der Waals surface area contributed by atoms with Gasteiger partial charge in [-0.2, -0.15) is 0 Å². The van der Waals surface area contributed by atoms with Gasteiger partial charge in [-0.1, -0.05) is 6.07 Å². The van der Waals surface area contributed by atoms with Crippen molar-refractivity contribution >= 4 is 11.7 Å². The predicted octanol–water partition coefficient (Wildman–Crippen LogP) is 4.99. The van der Waals surface area contributed by atoms with Gasteiger partial charge in [-0.05, 0) is 74.9 Å². The van der Waals surface area contributed by atoms with Crippen LogP contribution >= 0.6 is 0 Å². The molecule has 0 spiro atoms. The Morgan fingerprint density at radius 1 is 1.00 bits per heavy atom. The molecule has 10 heteroatoms. The quantitative estimate of drug-likeness (QED) is 0.513. The van der Waals surface area contributed by atoms with Crippen LogP contribution in [0.2, 0.25) is 0 Å². The molecule has 1 aliphatic carbocycles. The standard InChI is InChI=1S/C28H34F3N3O4/c1-36-22-6-3-17(15-23(22)37-2)28-10-7-18(16-24(28)34(12-11-28)19-8-13-38-14-9-19)32-27(35)33-21-5-4-20(29)25(30)26(21)31/h3-6,15,18-19,24H,7-14,16H2,1-2H3,(H2,32,33,35). The van der Waals surface area contributed by atoms with Crippen LogP contribution in [-0.2, 0) is 10.2 Å². The summed E-state index contributed by atoms with van der Waals surface area (Å²) in [4.78, 5) is 15.3. The van der Waals surface area contributed by atoms with Crippen molar-refractivity contribution in [3.63, 3.8) is 0 Å². The number of nitrogens with zero attached hydrogens (tertiary/aromatic N) is 1. The molecule has 2 N–H and O–H groups in total. The molecule has 0 aromatic heterocycles. The van der Waals surface area contributed by atoms with Gasteiger partial charge in [-0.25, -0.2) is 18.0 Å². The first-order valence-corrected chi connectivity index (χ1v) is 13.1. The van der Waals surface area contributed by atoms with Gasteiger partial charge in [0.1, 0.15) is 0 Å². The fourth-order valence-electron chi connectivity index (χ4n) is 6.62. The normalized spacial score (nSPS) is 26.0. The number of likely N-dealkylation sites (tertiary alicyclic amines) is 1. The Kier molecular flexibility index (Phi) is 7.72. The van der Waals surface area contributed by atoms with Crippen molar-refractivity contribution in [2.75, 3.05) is 39.3 Å². The molecule has 3 fully saturated rings. The molecule has 3 atom stereocenters. The number of hydrogen-bond acceptors (Lipinski definition) is 5. The number of amides is 2. The molecule has 2 heterocycles. The molecule has 1 saturated carbocycles. The van der Waals surface area contributed by atoms with E-state index in [1.807, 2.05) is 6.07 Å². The highest BCUT2D eigenvalue weighted by Crippen LogP contribution is 2.51. The van der Waals surface area contributed by atoms with Gasteiger partial charge in [-0.15, -0.1) is 0 Å². The predicted molar refractivity (Wildman–Crippen MR) is 136 cm³/mol. The fourth-order valence-corrected chi connectivity index (χ4v) is 6.62. The highest BCUT2D eigenvalue weighted by atomic mass is 19.2. The lowest BCUT2D eigenvalue weighted by atomic mass is 9.65. The first-order chi connectivity index (χ1) is 18.4. The third-order valence-corrected chi connectivity index (χ3v) is 8.54. The molecule has 38 heavy (non-hydrogen) atoms. The van der Waals surface area contributed by atoms with E-state index in [0.29, 0.717) is 24.0 Å². The number of halogens is 3. The molecule has 7 nitrogen and oxygen atoms in total. The highest BCUT2D eigenvalue weighted by Gasteiger charge is 2.53. The second-order valence-electron chi connectivity index (χ2n) is 10.4. The summed E-state index contributed by atoms with van der Waals surface area (Å²) in [6.07, 6.45) is 5.19. The van der Waals surface area contributed by atoms with Crippen molar-refractivity contribution in [2.45, 2.75) is 62.1 Å². The first-order valence-electron chi connectivity index (χ1n) is 13.1. The minimum absolute atomic E-state index is 0.112. The van der Waals surface area contributed by atoms with Gasteiger partial charge >= 0.3 is 6.03 Å². The molecule has 2 aliphatic heterocycles. The number of anilines is 1. The van der Waals surface area contributed by atoms with Gasteiger partial charge in [0, 0.05) is 36.8 Å². The molecule has 206 valence electrons. The van der Waals surface area contributed by atoms with Gasteiger partial charge in [-0.3, -0.25) is 4.90 Å². The number of methoxy groups -OCH3 is 2. The summed E-state index contributed by atoms with van der Waals surface area (Å²) in [6.45, 7) is 2.42. The van der Waals surface area contributed by atoms with Crippen LogP contribution in [0.1, 0.15) is 44.1 Å². The summed E-state index contributed by atoms with van der Waals surface area (Å²) in [7, 11) is 3.25. The number of carbonyl (C=O) groups is 1. The Labute approximate surface area is 220 Å². The maximum atomic E-state index is 14.1. The average molecular weight is 534 g/mol. The monoisotopic (exact) mass is 533 g/mol. The van der Waals surface area contributed by atoms with Crippen LogP contribution in [0.3, 0.4) is 0 Å². The SMILES string of the molecule is COc1ccc(C23CCC(NC(=O)Nc4ccc(F)c(F)c4F)CC2N(C2CCOCC2)CC3)cc1OC. The summed E-state index contributed by atoms with van der Waals surface area (Å²) >= 11 is 0. The molecule has 3 unspecified atom stereocenters. The number of nitrogens with one attached hydrogen (secondary N) is 2. The Balaban J connectivity index is 1.37. The van der Waals surface area contributed by atoms with E-state index in [4.69, 9.17) is 14.2 Å². The zero-order valence-electron chi connectivity index (χ0n) is 21.7. The summed E-state index contributed by atoms with van der Waals surface area (Å²) in [6, 6.07) is 7.71. The lowest BCUT2D eigenvalue weighted by Crippen LogP contribution is -2.55. The number of hydrogen-bond donors (Lipinski definition) is 2. The average Bonchev–Trinajstić information content (AvgIpc) is 3.33. The number of benzene rings is 2. The molecule has 2 amide bonds. The van der Waals surface area contributed by atoms with E-state index < -0.39 is 29.2 Å². The number of carbonyl (C=O) groups excluding carboxylic acids is 1. The lowest BCUT2D eigenvalue weighted by Gasteiger charge is -2.47. The molecule has 2 aromatic carbocycles. The zero-order valence-corrected chi connectivity index (χ0v) is 21.7. The highest BCUT2D eigenvalue weighted by molar-refractivity contribution is 5.89. The molecule has 2 aromatic rings. The van der Waals surface area contributed by atoms with Gasteiger partial charge < -0.3 is 24.8 Å². The minimum Gasteiger partial charge on any atom is -0.493 e. The molecule has 0 bridgehead atoms. The maximum absolute atomic E-state index is 14.1. The summed E-state index contributed by atoms with van der Waals surface area (Å²) in [5, 5.41) is 5.28. The number of rotatable bonds is 6. The zero-order chi connectivity index (χ0) is 26.9. The van der Waals surface area contributed by atoms with E-state index in [0.717, 1.165) is 64.0 Å². The number of ether oxygens (including phenoxy) is 3. The van der Waals surface area contributed by atoms with Gasteiger partial charge in [0.2, 0.25) is 0 Å². The number of fused-ring (bicyclic) bond motifs is 1. The summed E-state index contributed by atoms with van der Waals surface area (Å²) < 4.78 is 57.7. The summed E-state index contributed by atoms with van der Waals surface area (Å²) in [5.41, 5.74) is 0.682. The molecule has 5 rings (SSSR count). The minimum atomic E-state index is -1.61.